The molecule has 0 spiro atoms. The molecule has 1 N–H and O–H groups in total. The summed E-state index contributed by atoms with van der Waals surface area (Å²) in [5, 5.41) is 3.19. The van der Waals surface area contributed by atoms with Crippen molar-refractivity contribution in [2.24, 2.45) is 0 Å². The summed E-state index contributed by atoms with van der Waals surface area (Å²) < 4.78 is 23.8. The van der Waals surface area contributed by atoms with Gasteiger partial charge in [-0.1, -0.05) is 36.4 Å². The minimum atomic E-state index is -3.06. The number of sulfone groups is 1. The van der Waals surface area contributed by atoms with Crippen molar-refractivity contribution in [1.29, 1.82) is 0 Å². The van der Waals surface area contributed by atoms with Crippen LogP contribution in [0.1, 0.15) is 23.1 Å². The Morgan fingerprint density at radius 1 is 1.06 bits per heavy atom. The average molecular weight is 450 g/mol. The lowest BCUT2D eigenvalue weighted by Gasteiger charge is -2.24. The van der Waals surface area contributed by atoms with Crippen LogP contribution in [0.25, 0.3) is 0 Å². The molecule has 5 rings (SSSR count). The second-order valence-electron chi connectivity index (χ2n) is 8.15. The largest absolute Gasteiger partial charge is 0.350 e. The number of fused-ring (bicyclic) bond motifs is 2. The van der Waals surface area contributed by atoms with Gasteiger partial charge >= 0.3 is 0 Å². The maximum absolute atomic E-state index is 12.5. The summed E-state index contributed by atoms with van der Waals surface area (Å²) in [4.78, 5) is 25.3. The number of hydrogen-bond acceptors (Lipinski definition) is 7. The van der Waals surface area contributed by atoms with Gasteiger partial charge in [0.05, 0.1) is 17.7 Å². The smallest absolute Gasteiger partial charge is 0.229 e. The number of amides is 1. The van der Waals surface area contributed by atoms with Crippen LogP contribution in [0.5, 0.6) is 0 Å². The van der Waals surface area contributed by atoms with Gasteiger partial charge in [-0.15, -0.1) is 0 Å². The van der Waals surface area contributed by atoms with Gasteiger partial charge in [-0.25, -0.2) is 13.4 Å². The highest BCUT2D eigenvalue weighted by Crippen LogP contribution is 2.33. The highest BCUT2D eigenvalue weighted by atomic mass is 32.2. The molecule has 164 valence electrons. The van der Waals surface area contributed by atoms with E-state index in [4.69, 9.17) is 4.98 Å². The Kier molecular flexibility index (Phi) is 5.05. The van der Waals surface area contributed by atoms with E-state index in [-0.39, 0.29) is 17.4 Å². The van der Waals surface area contributed by atoms with Crippen molar-refractivity contribution in [3.05, 3.63) is 71.4 Å². The minimum Gasteiger partial charge on any atom is -0.350 e. The van der Waals surface area contributed by atoms with E-state index >= 15 is 0 Å². The summed E-state index contributed by atoms with van der Waals surface area (Å²) in [7, 11) is -1.32. The van der Waals surface area contributed by atoms with Gasteiger partial charge in [0.1, 0.15) is 5.69 Å². The lowest BCUT2D eigenvalue weighted by molar-refractivity contribution is -0.118. The van der Waals surface area contributed by atoms with E-state index < -0.39 is 9.84 Å². The minimum absolute atomic E-state index is 0.0194. The van der Waals surface area contributed by atoms with E-state index in [9.17, 15) is 13.2 Å². The van der Waals surface area contributed by atoms with Crippen molar-refractivity contribution in [3.8, 4) is 0 Å². The second-order valence-corrected chi connectivity index (χ2v) is 10.2. The summed E-state index contributed by atoms with van der Waals surface area (Å²) in [5.74, 6) is 1.24. The SMILES string of the molecule is CN1C(=O)CCN(Cc2ccccc2)c2nc(Nc3ccc4c(c3)CS(=O)(=O)C4)ncc21. The highest BCUT2D eigenvalue weighted by Gasteiger charge is 2.27. The van der Waals surface area contributed by atoms with Crippen molar-refractivity contribution in [2.45, 2.75) is 24.5 Å². The molecule has 0 saturated carbocycles. The topological polar surface area (TPSA) is 95.5 Å². The maximum Gasteiger partial charge on any atom is 0.229 e. The fourth-order valence-corrected chi connectivity index (χ4v) is 5.73. The monoisotopic (exact) mass is 449 g/mol. The molecule has 0 unspecified atom stereocenters. The van der Waals surface area contributed by atoms with Gasteiger partial charge in [0.25, 0.3) is 0 Å². The molecule has 0 saturated heterocycles. The van der Waals surface area contributed by atoms with Crippen LogP contribution in [0.3, 0.4) is 0 Å². The number of nitrogens with zero attached hydrogens (tertiary/aromatic N) is 4. The van der Waals surface area contributed by atoms with Crippen LogP contribution >= 0.6 is 0 Å². The zero-order valence-corrected chi connectivity index (χ0v) is 18.5. The number of benzene rings is 2. The third-order valence-electron chi connectivity index (χ3n) is 5.81. The van der Waals surface area contributed by atoms with Crippen molar-refractivity contribution < 1.29 is 13.2 Å². The highest BCUT2D eigenvalue weighted by molar-refractivity contribution is 7.90. The summed E-state index contributed by atoms with van der Waals surface area (Å²) in [6.45, 7) is 1.18. The molecule has 9 heteroatoms. The first-order valence-corrected chi connectivity index (χ1v) is 12.2. The molecule has 0 bridgehead atoms. The van der Waals surface area contributed by atoms with Crippen molar-refractivity contribution in [1.82, 2.24) is 9.97 Å². The first kappa shape index (κ1) is 20.4. The molecule has 3 heterocycles. The van der Waals surface area contributed by atoms with E-state index in [2.05, 4.69) is 27.3 Å². The third kappa shape index (κ3) is 4.03. The number of aromatic nitrogens is 2. The molecule has 1 aromatic heterocycles. The zero-order chi connectivity index (χ0) is 22.3. The molecule has 0 atom stereocenters. The van der Waals surface area contributed by atoms with Gasteiger partial charge < -0.3 is 15.1 Å². The third-order valence-corrected chi connectivity index (χ3v) is 7.31. The van der Waals surface area contributed by atoms with Crippen molar-refractivity contribution in [2.75, 3.05) is 28.7 Å². The first-order valence-electron chi connectivity index (χ1n) is 10.4. The van der Waals surface area contributed by atoms with Crippen LogP contribution in [0, 0.1) is 0 Å². The van der Waals surface area contributed by atoms with Gasteiger partial charge in [-0.2, -0.15) is 4.98 Å². The van der Waals surface area contributed by atoms with Gasteiger partial charge in [-0.05, 0) is 28.8 Å². The molecule has 2 aromatic carbocycles. The Morgan fingerprint density at radius 2 is 1.84 bits per heavy atom. The van der Waals surface area contributed by atoms with Crippen LogP contribution in [-0.2, 0) is 32.7 Å². The van der Waals surface area contributed by atoms with E-state index in [1.165, 1.54) is 0 Å². The summed E-state index contributed by atoms with van der Waals surface area (Å²) in [6.07, 6.45) is 2.05. The van der Waals surface area contributed by atoms with E-state index in [0.29, 0.717) is 37.0 Å². The average Bonchev–Trinajstić information content (AvgIpc) is 3.04. The van der Waals surface area contributed by atoms with Crippen molar-refractivity contribution in [3.63, 3.8) is 0 Å². The molecule has 32 heavy (non-hydrogen) atoms. The van der Waals surface area contributed by atoms with E-state index in [1.54, 1.807) is 18.1 Å². The normalized spacial score (nSPS) is 17.0. The lowest BCUT2D eigenvalue weighted by atomic mass is 10.1. The molecule has 2 aliphatic heterocycles. The zero-order valence-electron chi connectivity index (χ0n) is 17.7. The van der Waals surface area contributed by atoms with Gasteiger partial charge in [-0.3, -0.25) is 4.79 Å². The fraction of sp³-hybridized carbons (Fsp3) is 0.261. The number of carbonyl (C=O) groups is 1. The van der Waals surface area contributed by atoms with Gasteiger partial charge in [0.15, 0.2) is 15.7 Å². The molecule has 1 amide bonds. The van der Waals surface area contributed by atoms with Crippen molar-refractivity contribution >= 4 is 38.9 Å². The number of nitrogens with one attached hydrogen (secondary N) is 1. The van der Waals surface area contributed by atoms with Crippen LogP contribution in [0.4, 0.5) is 23.1 Å². The fourth-order valence-electron chi connectivity index (χ4n) is 4.13. The Balaban J connectivity index is 1.47. The molecule has 8 nitrogen and oxygen atoms in total. The van der Waals surface area contributed by atoms with Crippen LogP contribution in [0.2, 0.25) is 0 Å². The van der Waals surface area contributed by atoms with E-state index in [1.807, 2.05) is 36.4 Å². The molecular formula is C23H23N5O3S. The Labute approximate surface area is 186 Å². The molecular weight excluding hydrogens is 426 g/mol. The summed E-state index contributed by atoms with van der Waals surface area (Å²) >= 11 is 0. The number of rotatable bonds is 4. The predicted octanol–water partition coefficient (Wildman–Crippen LogP) is 3.02. The first-order chi connectivity index (χ1) is 15.4. The van der Waals surface area contributed by atoms with Gasteiger partial charge in [0.2, 0.25) is 11.9 Å². The van der Waals surface area contributed by atoms with Crippen LogP contribution in [-0.4, -0.2) is 37.9 Å². The molecule has 0 fully saturated rings. The number of hydrogen-bond donors (Lipinski definition) is 1. The van der Waals surface area contributed by atoms with Crippen LogP contribution in [0.15, 0.2) is 54.7 Å². The Morgan fingerprint density at radius 3 is 2.66 bits per heavy atom. The molecule has 2 aliphatic rings. The molecule has 0 aliphatic carbocycles. The maximum atomic E-state index is 12.5. The molecule has 3 aromatic rings. The second kappa shape index (κ2) is 7.90. The Hall–Kier alpha value is -3.46. The van der Waals surface area contributed by atoms with Crippen LogP contribution < -0.4 is 15.1 Å². The molecule has 0 radical (unpaired) electrons. The number of carbonyl (C=O) groups excluding carboxylic acids is 1. The summed E-state index contributed by atoms with van der Waals surface area (Å²) in [6, 6.07) is 15.6. The summed E-state index contributed by atoms with van der Waals surface area (Å²) in [5.41, 5.74) is 4.17. The quantitative estimate of drug-likeness (QED) is 0.654. The standard InChI is InChI=1S/C23H23N5O3S/c1-27-20-12-24-23(25-19-8-7-17-14-32(30,31)15-18(17)11-19)26-22(20)28(10-9-21(27)29)13-16-5-3-2-4-6-16/h2-8,11-12H,9-10,13-15H2,1H3,(H,24,25,26). The van der Waals surface area contributed by atoms with E-state index in [0.717, 1.165) is 22.4 Å². The lowest BCUT2D eigenvalue weighted by Crippen LogP contribution is -2.26. The number of anilines is 4. The Bertz CT molecular complexity index is 1290. The van der Waals surface area contributed by atoms with Gasteiger partial charge in [0, 0.05) is 32.2 Å². The predicted molar refractivity (Wildman–Crippen MR) is 124 cm³/mol.